The summed E-state index contributed by atoms with van der Waals surface area (Å²) >= 11 is 0. The largest absolute Gasteiger partial charge is 0.493 e. The van der Waals surface area contributed by atoms with E-state index in [4.69, 9.17) is 14.2 Å². The summed E-state index contributed by atoms with van der Waals surface area (Å²) < 4.78 is 16.5. The molecular formula is C24H36N4O5. The van der Waals surface area contributed by atoms with Crippen LogP contribution in [0.2, 0.25) is 0 Å². The van der Waals surface area contributed by atoms with Crippen molar-refractivity contribution in [3.8, 4) is 11.5 Å². The Morgan fingerprint density at radius 3 is 2.48 bits per heavy atom. The van der Waals surface area contributed by atoms with Gasteiger partial charge in [0.1, 0.15) is 0 Å². The van der Waals surface area contributed by atoms with Crippen molar-refractivity contribution in [3.63, 3.8) is 0 Å². The van der Waals surface area contributed by atoms with Crippen LogP contribution in [0, 0.1) is 0 Å². The Hall–Kier alpha value is -2.78. The van der Waals surface area contributed by atoms with E-state index in [9.17, 15) is 9.59 Å². The lowest BCUT2D eigenvalue weighted by Gasteiger charge is -2.39. The lowest BCUT2D eigenvalue weighted by atomic mass is 9.93. The number of hydrogen-bond donors (Lipinski definition) is 1. The zero-order valence-corrected chi connectivity index (χ0v) is 20.5. The molecular weight excluding hydrogens is 424 g/mol. The maximum Gasteiger partial charge on any atom is 0.338 e. The second kappa shape index (κ2) is 10.9. The van der Waals surface area contributed by atoms with Gasteiger partial charge in [-0.2, -0.15) is 0 Å². The quantitative estimate of drug-likeness (QED) is 0.596. The number of esters is 1. The third-order valence-electron chi connectivity index (χ3n) is 6.53. The molecule has 1 fully saturated rings. The van der Waals surface area contributed by atoms with Crippen LogP contribution in [0.15, 0.2) is 29.5 Å². The second-order valence-electron chi connectivity index (χ2n) is 8.55. The molecule has 2 amide bonds. The smallest absolute Gasteiger partial charge is 0.338 e. The molecule has 2 aliphatic rings. The number of piperidine rings is 1. The van der Waals surface area contributed by atoms with E-state index in [1.807, 2.05) is 19.2 Å². The first-order chi connectivity index (χ1) is 15.8. The number of carbonyl (C=O) groups is 2. The Labute approximate surface area is 196 Å². The van der Waals surface area contributed by atoms with Gasteiger partial charge in [0.2, 0.25) is 0 Å². The van der Waals surface area contributed by atoms with Crippen LogP contribution in [0.5, 0.6) is 11.5 Å². The molecule has 0 aliphatic carbocycles. The van der Waals surface area contributed by atoms with Gasteiger partial charge in [-0.15, -0.1) is 0 Å². The molecule has 0 bridgehead atoms. The molecule has 1 saturated heterocycles. The monoisotopic (exact) mass is 460 g/mol. The minimum atomic E-state index is -0.723. The molecule has 1 atom stereocenters. The normalized spacial score (nSPS) is 20.2. The SMILES string of the molecule is CCOC(=O)C1=C(CN(C)C2CCN(C)CC2)N(C)C(=O)NC1c1cccc(OC)c1OC. The van der Waals surface area contributed by atoms with Gasteiger partial charge in [0.25, 0.3) is 0 Å². The van der Waals surface area contributed by atoms with Crippen LogP contribution in [0.3, 0.4) is 0 Å². The summed E-state index contributed by atoms with van der Waals surface area (Å²) in [5.74, 6) is 0.544. The number of hydrogen-bond acceptors (Lipinski definition) is 7. The molecule has 1 aromatic rings. The van der Waals surface area contributed by atoms with Gasteiger partial charge in [-0.25, -0.2) is 9.59 Å². The first-order valence-corrected chi connectivity index (χ1v) is 11.4. The molecule has 182 valence electrons. The van der Waals surface area contributed by atoms with Gasteiger partial charge in [0.05, 0.1) is 32.4 Å². The number of amides is 2. The van der Waals surface area contributed by atoms with E-state index in [0.717, 1.165) is 25.9 Å². The van der Waals surface area contributed by atoms with Crippen LogP contribution >= 0.6 is 0 Å². The maximum atomic E-state index is 13.2. The molecule has 1 unspecified atom stereocenters. The molecule has 2 heterocycles. The van der Waals surface area contributed by atoms with Crippen molar-refractivity contribution in [2.75, 3.05) is 61.6 Å². The summed E-state index contributed by atoms with van der Waals surface area (Å²) in [6.07, 6.45) is 2.08. The molecule has 0 saturated carbocycles. The van der Waals surface area contributed by atoms with E-state index in [1.54, 1.807) is 34.3 Å². The third kappa shape index (κ3) is 5.25. The van der Waals surface area contributed by atoms with Crippen molar-refractivity contribution >= 4 is 12.0 Å². The number of rotatable bonds is 8. The van der Waals surface area contributed by atoms with E-state index in [0.29, 0.717) is 40.9 Å². The molecule has 2 aliphatic heterocycles. The van der Waals surface area contributed by atoms with Crippen molar-refractivity contribution < 1.29 is 23.8 Å². The second-order valence-corrected chi connectivity index (χ2v) is 8.55. The predicted molar refractivity (Wildman–Crippen MR) is 125 cm³/mol. The fraction of sp³-hybridized carbons (Fsp3) is 0.583. The van der Waals surface area contributed by atoms with E-state index < -0.39 is 12.0 Å². The van der Waals surface area contributed by atoms with Crippen LogP contribution in [-0.2, 0) is 9.53 Å². The Kier molecular flexibility index (Phi) is 8.20. The van der Waals surface area contributed by atoms with E-state index in [-0.39, 0.29) is 12.6 Å². The van der Waals surface area contributed by atoms with Gasteiger partial charge in [-0.3, -0.25) is 9.80 Å². The van der Waals surface area contributed by atoms with E-state index >= 15 is 0 Å². The Morgan fingerprint density at radius 2 is 1.88 bits per heavy atom. The number of likely N-dealkylation sites (N-methyl/N-ethyl adjacent to an activating group) is 2. The lowest BCUT2D eigenvalue weighted by molar-refractivity contribution is -0.139. The summed E-state index contributed by atoms with van der Waals surface area (Å²) in [5, 5.41) is 2.95. The predicted octanol–water partition coefficient (Wildman–Crippen LogP) is 2.24. The average Bonchev–Trinajstić information content (AvgIpc) is 2.81. The Balaban J connectivity index is 2.07. The van der Waals surface area contributed by atoms with Crippen molar-refractivity contribution in [2.24, 2.45) is 0 Å². The minimum Gasteiger partial charge on any atom is -0.493 e. The van der Waals surface area contributed by atoms with Crippen LogP contribution in [0.25, 0.3) is 0 Å². The number of urea groups is 1. The van der Waals surface area contributed by atoms with Gasteiger partial charge < -0.3 is 24.4 Å². The number of benzene rings is 1. The summed E-state index contributed by atoms with van der Waals surface area (Å²) in [7, 11) is 8.96. The highest BCUT2D eigenvalue weighted by Gasteiger charge is 2.39. The third-order valence-corrected chi connectivity index (χ3v) is 6.53. The number of para-hydroxylation sites is 1. The van der Waals surface area contributed by atoms with Crippen LogP contribution < -0.4 is 14.8 Å². The first kappa shape index (κ1) is 24.9. The lowest BCUT2D eigenvalue weighted by Crippen LogP contribution is -2.50. The van der Waals surface area contributed by atoms with Crippen LogP contribution in [0.1, 0.15) is 31.4 Å². The number of carbonyl (C=O) groups excluding carboxylic acids is 2. The standard InChI is InChI=1S/C24H36N4O5/c1-7-33-23(29)20-18(15-27(3)16-11-13-26(2)14-12-16)28(4)24(30)25-21(20)17-9-8-10-19(31-5)22(17)32-6/h8-10,16,21H,7,11-15H2,1-6H3,(H,25,30). The zero-order chi connectivity index (χ0) is 24.1. The highest BCUT2D eigenvalue weighted by Crippen LogP contribution is 2.40. The number of likely N-dealkylation sites (tertiary alicyclic amines) is 1. The molecule has 1 N–H and O–H groups in total. The Bertz CT molecular complexity index is 895. The van der Waals surface area contributed by atoms with Crippen molar-refractivity contribution in [3.05, 3.63) is 35.0 Å². The number of methoxy groups -OCH3 is 2. The zero-order valence-electron chi connectivity index (χ0n) is 20.5. The molecule has 0 spiro atoms. The first-order valence-electron chi connectivity index (χ1n) is 11.4. The van der Waals surface area contributed by atoms with Crippen LogP contribution in [-0.4, -0.2) is 94.3 Å². The summed E-state index contributed by atoms with van der Waals surface area (Å²) in [5.41, 5.74) is 1.68. The highest BCUT2D eigenvalue weighted by molar-refractivity contribution is 5.95. The van der Waals surface area contributed by atoms with Crippen molar-refractivity contribution in [2.45, 2.75) is 31.8 Å². The fourth-order valence-electron chi connectivity index (χ4n) is 4.57. The van der Waals surface area contributed by atoms with E-state index in [2.05, 4.69) is 22.2 Å². The van der Waals surface area contributed by atoms with Gasteiger partial charge in [-0.05, 0) is 53.0 Å². The van der Waals surface area contributed by atoms with E-state index in [1.165, 1.54) is 4.90 Å². The van der Waals surface area contributed by atoms with Crippen molar-refractivity contribution in [1.29, 1.82) is 0 Å². The molecule has 0 aromatic heterocycles. The van der Waals surface area contributed by atoms with Gasteiger partial charge in [0, 0.05) is 30.9 Å². The number of ether oxygens (including phenoxy) is 3. The highest BCUT2D eigenvalue weighted by atomic mass is 16.5. The number of nitrogens with one attached hydrogen (secondary N) is 1. The average molecular weight is 461 g/mol. The number of nitrogens with zero attached hydrogens (tertiary/aromatic N) is 3. The van der Waals surface area contributed by atoms with Gasteiger partial charge >= 0.3 is 12.0 Å². The summed E-state index contributed by atoms with van der Waals surface area (Å²) in [4.78, 5) is 32.3. The molecule has 3 rings (SSSR count). The maximum absolute atomic E-state index is 13.2. The topological polar surface area (TPSA) is 83.6 Å². The van der Waals surface area contributed by atoms with Crippen molar-refractivity contribution in [1.82, 2.24) is 20.0 Å². The Morgan fingerprint density at radius 1 is 1.18 bits per heavy atom. The summed E-state index contributed by atoms with van der Waals surface area (Å²) in [6.45, 7) is 4.52. The summed E-state index contributed by atoms with van der Waals surface area (Å²) in [6, 6.07) is 4.79. The van der Waals surface area contributed by atoms with Gasteiger partial charge in [-0.1, -0.05) is 12.1 Å². The molecule has 9 heteroatoms. The minimum absolute atomic E-state index is 0.236. The molecule has 0 radical (unpaired) electrons. The fourth-order valence-corrected chi connectivity index (χ4v) is 4.57. The van der Waals surface area contributed by atoms with Crippen LogP contribution in [0.4, 0.5) is 4.79 Å². The van der Waals surface area contributed by atoms with Gasteiger partial charge in [0.15, 0.2) is 11.5 Å². The molecule has 9 nitrogen and oxygen atoms in total. The molecule has 1 aromatic carbocycles. The molecule has 33 heavy (non-hydrogen) atoms.